The highest BCUT2D eigenvalue weighted by Crippen LogP contribution is 2.43. The molecule has 0 aliphatic carbocycles. The van der Waals surface area contributed by atoms with Crippen LogP contribution in [0.5, 0.6) is 17.2 Å². The number of para-hydroxylation sites is 1. The molecule has 1 unspecified atom stereocenters. The van der Waals surface area contributed by atoms with E-state index in [0.717, 1.165) is 24.0 Å². The number of carbonyl (C=O) groups excluding carboxylic acids is 1. The number of phenolic OH excluding ortho intramolecular Hbond substituents is 1. The van der Waals surface area contributed by atoms with E-state index in [2.05, 4.69) is 10.6 Å². The summed E-state index contributed by atoms with van der Waals surface area (Å²) in [5, 5.41) is 16.4. The van der Waals surface area contributed by atoms with E-state index in [-0.39, 0.29) is 33.9 Å². The smallest absolute Gasteiger partial charge is 0.265 e. The van der Waals surface area contributed by atoms with Gasteiger partial charge in [0.15, 0.2) is 18.6 Å². The first-order valence-corrected chi connectivity index (χ1v) is 12.2. The van der Waals surface area contributed by atoms with Crippen LogP contribution in [-0.2, 0) is 4.79 Å². The zero-order valence-corrected chi connectivity index (χ0v) is 21.5. The predicted octanol–water partition coefficient (Wildman–Crippen LogP) is 7.34. The monoisotopic (exact) mass is 516 g/mol. The highest BCUT2D eigenvalue weighted by molar-refractivity contribution is 6.41. The van der Waals surface area contributed by atoms with E-state index in [1.165, 1.54) is 6.07 Å². The molecule has 0 saturated carbocycles. The van der Waals surface area contributed by atoms with Crippen molar-refractivity contribution >= 4 is 40.5 Å². The van der Waals surface area contributed by atoms with Crippen LogP contribution in [0.1, 0.15) is 37.3 Å². The van der Waals surface area contributed by atoms with Crippen LogP contribution in [-0.4, -0.2) is 23.8 Å². The first kappa shape index (κ1) is 26.5. The summed E-state index contributed by atoms with van der Waals surface area (Å²) in [6, 6.07) is 16.5. The largest absolute Gasteiger partial charge is 0.504 e. The van der Waals surface area contributed by atoms with Gasteiger partial charge in [-0.25, -0.2) is 0 Å². The van der Waals surface area contributed by atoms with Gasteiger partial charge >= 0.3 is 0 Å². The highest BCUT2D eigenvalue weighted by Gasteiger charge is 2.24. The summed E-state index contributed by atoms with van der Waals surface area (Å²) in [5.41, 5.74) is 2.46. The average molecular weight is 517 g/mol. The van der Waals surface area contributed by atoms with E-state index in [0.29, 0.717) is 17.9 Å². The Bertz CT molecular complexity index is 1160. The summed E-state index contributed by atoms with van der Waals surface area (Å²) in [5.74, 6) is 0.672. The van der Waals surface area contributed by atoms with E-state index in [1.807, 2.05) is 69.3 Å². The van der Waals surface area contributed by atoms with Gasteiger partial charge in [-0.15, -0.1) is 0 Å². The van der Waals surface area contributed by atoms with Gasteiger partial charge in [-0.3, -0.25) is 4.79 Å². The fourth-order valence-corrected chi connectivity index (χ4v) is 4.04. The van der Waals surface area contributed by atoms with Gasteiger partial charge in [0.2, 0.25) is 0 Å². The number of phenols is 1. The number of ether oxygens (including phenoxy) is 2. The van der Waals surface area contributed by atoms with E-state index >= 15 is 0 Å². The molecule has 0 saturated heterocycles. The molecule has 3 N–H and O–H groups in total. The first-order valence-electron chi connectivity index (χ1n) is 11.5. The summed E-state index contributed by atoms with van der Waals surface area (Å²) in [4.78, 5) is 13.2. The normalized spacial score (nSPS) is 11.6. The Kier molecular flexibility index (Phi) is 9.52. The van der Waals surface area contributed by atoms with Crippen LogP contribution in [0.25, 0.3) is 0 Å². The fourth-order valence-electron chi connectivity index (χ4n) is 3.49. The van der Waals surface area contributed by atoms with Gasteiger partial charge in [-0.2, -0.15) is 0 Å². The van der Waals surface area contributed by atoms with Crippen LogP contribution in [0, 0.1) is 13.8 Å². The van der Waals surface area contributed by atoms with Crippen molar-refractivity contribution in [1.29, 1.82) is 0 Å². The second-order valence-electron chi connectivity index (χ2n) is 8.23. The number of carbonyl (C=O) groups is 1. The maximum absolute atomic E-state index is 13.2. The lowest BCUT2D eigenvalue weighted by molar-refractivity contribution is -0.123. The third kappa shape index (κ3) is 7.20. The number of unbranched alkanes of at least 4 members (excludes halogenated alkanes) is 1. The van der Waals surface area contributed by atoms with Crippen LogP contribution < -0.4 is 20.1 Å². The van der Waals surface area contributed by atoms with Gasteiger partial charge in [-0.1, -0.05) is 72.4 Å². The van der Waals surface area contributed by atoms with Gasteiger partial charge in [-0.05, 0) is 56.5 Å². The third-order valence-corrected chi connectivity index (χ3v) is 6.06. The molecule has 0 fully saturated rings. The minimum atomic E-state index is -0.747. The average Bonchev–Trinajstić information content (AvgIpc) is 2.84. The standard InChI is InChI=1S/C27H30Cl2N2O4/c1-4-5-11-23(35-22-13-12-17(2)14-18(22)3)27(33)31-25-20(28)15-21(26(32)24(25)29)30-16-34-19-9-7-6-8-10-19/h6-10,12-15,23,30,32H,4-5,11,16H2,1-3H3,(H,31,33). The number of aromatic hydroxyl groups is 1. The number of aryl methyl sites for hydroxylation is 2. The van der Waals surface area contributed by atoms with Gasteiger partial charge in [0, 0.05) is 0 Å². The third-order valence-electron chi connectivity index (χ3n) is 5.40. The van der Waals surface area contributed by atoms with Gasteiger partial charge < -0.3 is 25.2 Å². The molecule has 1 amide bonds. The molecular formula is C27H30Cl2N2O4. The Morgan fingerprint density at radius 2 is 1.83 bits per heavy atom. The SMILES string of the molecule is CCCCC(Oc1ccc(C)cc1C)C(=O)Nc1c(Cl)cc(NCOc2ccccc2)c(O)c1Cl. The van der Waals surface area contributed by atoms with E-state index in [1.54, 1.807) is 0 Å². The Morgan fingerprint density at radius 1 is 1.09 bits per heavy atom. The van der Waals surface area contributed by atoms with Crippen molar-refractivity contribution in [1.82, 2.24) is 0 Å². The first-order chi connectivity index (χ1) is 16.8. The highest BCUT2D eigenvalue weighted by atomic mass is 35.5. The number of benzene rings is 3. The molecule has 0 radical (unpaired) electrons. The van der Waals surface area contributed by atoms with Crippen molar-refractivity contribution < 1.29 is 19.4 Å². The van der Waals surface area contributed by atoms with Crippen LogP contribution in [0.2, 0.25) is 10.0 Å². The number of rotatable bonds is 11. The number of hydrogen-bond acceptors (Lipinski definition) is 5. The zero-order chi connectivity index (χ0) is 25.4. The van der Waals surface area contributed by atoms with E-state index < -0.39 is 12.0 Å². The molecule has 1 atom stereocenters. The number of halogens is 2. The predicted molar refractivity (Wildman–Crippen MR) is 142 cm³/mol. The summed E-state index contributed by atoms with van der Waals surface area (Å²) in [6.07, 6.45) is 1.49. The molecule has 0 aromatic heterocycles. The lowest BCUT2D eigenvalue weighted by Crippen LogP contribution is -2.33. The molecule has 3 aromatic carbocycles. The molecule has 0 bridgehead atoms. The molecule has 0 aliphatic heterocycles. The minimum absolute atomic E-state index is 0.0752. The summed E-state index contributed by atoms with van der Waals surface area (Å²) >= 11 is 12.8. The zero-order valence-electron chi connectivity index (χ0n) is 20.0. The molecular weight excluding hydrogens is 487 g/mol. The second-order valence-corrected chi connectivity index (χ2v) is 9.01. The Labute approximate surface area is 216 Å². The summed E-state index contributed by atoms with van der Waals surface area (Å²) in [7, 11) is 0. The van der Waals surface area contributed by atoms with Crippen molar-refractivity contribution in [2.45, 2.75) is 46.1 Å². The summed E-state index contributed by atoms with van der Waals surface area (Å²) < 4.78 is 11.7. The van der Waals surface area contributed by atoms with E-state index in [9.17, 15) is 9.90 Å². The van der Waals surface area contributed by atoms with Crippen LogP contribution in [0.3, 0.4) is 0 Å². The molecule has 35 heavy (non-hydrogen) atoms. The number of anilines is 2. The lowest BCUT2D eigenvalue weighted by Gasteiger charge is -2.21. The van der Waals surface area contributed by atoms with Gasteiger partial charge in [0.25, 0.3) is 5.91 Å². The topological polar surface area (TPSA) is 79.8 Å². The molecule has 8 heteroatoms. The molecule has 0 aliphatic rings. The molecule has 6 nitrogen and oxygen atoms in total. The minimum Gasteiger partial charge on any atom is -0.504 e. The number of nitrogens with one attached hydrogen (secondary N) is 2. The molecule has 186 valence electrons. The number of hydrogen-bond donors (Lipinski definition) is 3. The summed E-state index contributed by atoms with van der Waals surface area (Å²) in [6.45, 7) is 6.07. The van der Waals surface area contributed by atoms with Crippen molar-refractivity contribution in [2.75, 3.05) is 17.4 Å². The van der Waals surface area contributed by atoms with Gasteiger partial charge in [0.1, 0.15) is 16.5 Å². The van der Waals surface area contributed by atoms with E-state index in [4.69, 9.17) is 32.7 Å². The Hall–Kier alpha value is -3.09. The van der Waals surface area contributed by atoms with Crippen molar-refractivity contribution in [2.24, 2.45) is 0 Å². The molecule has 3 rings (SSSR count). The molecule has 0 spiro atoms. The van der Waals surface area contributed by atoms with Crippen molar-refractivity contribution in [3.05, 3.63) is 75.8 Å². The molecule has 0 heterocycles. The maximum Gasteiger partial charge on any atom is 0.265 e. The molecule has 3 aromatic rings. The maximum atomic E-state index is 13.2. The van der Waals surface area contributed by atoms with Crippen LogP contribution in [0.4, 0.5) is 11.4 Å². The van der Waals surface area contributed by atoms with Crippen LogP contribution >= 0.6 is 23.2 Å². The quantitative estimate of drug-likeness (QED) is 0.183. The number of amides is 1. The van der Waals surface area contributed by atoms with Crippen LogP contribution in [0.15, 0.2) is 54.6 Å². The van der Waals surface area contributed by atoms with Gasteiger partial charge in [0.05, 0.1) is 16.4 Å². The Balaban J connectivity index is 1.73. The second kappa shape index (κ2) is 12.6. The Morgan fingerprint density at radius 3 is 2.51 bits per heavy atom. The van der Waals surface area contributed by atoms with Crippen molar-refractivity contribution in [3.8, 4) is 17.2 Å². The fraction of sp³-hybridized carbons (Fsp3) is 0.296. The lowest BCUT2D eigenvalue weighted by atomic mass is 10.1. The van der Waals surface area contributed by atoms with Crippen molar-refractivity contribution in [3.63, 3.8) is 0 Å².